The number of rotatable bonds is 8. The van der Waals surface area contributed by atoms with E-state index in [0.717, 1.165) is 66.3 Å². The average Bonchev–Trinajstić information content (AvgIpc) is 3.55. The molecular formula is C27H33N5O4. The van der Waals surface area contributed by atoms with Crippen molar-refractivity contribution in [3.05, 3.63) is 60.2 Å². The molecule has 5 rings (SSSR count). The molecule has 0 spiro atoms. The summed E-state index contributed by atoms with van der Waals surface area (Å²) in [6.07, 6.45) is 7.10. The maximum absolute atomic E-state index is 10.3. The fraction of sp³-hybridized carbons (Fsp3) is 0.444. The number of nitrogens with zero attached hydrogens (tertiary/aromatic N) is 4. The van der Waals surface area contributed by atoms with Gasteiger partial charge in [0.25, 0.3) is 0 Å². The van der Waals surface area contributed by atoms with Crippen molar-refractivity contribution >= 4 is 11.0 Å². The lowest BCUT2D eigenvalue weighted by atomic mass is 9.91. The molecule has 4 aromatic rings. The average molecular weight is 492 g/mol. The van der Waals surface area contributed by atoms with E-state index in [-0.39, 0.29) is 6.04 Å². The Hall–Kier alpha value is -3.27. The summed E-state index contributed by atoms with van der Waals surface area (Å²) in [5.41, 5.74) is 2.75. The molecule has 190 valence electrons. The fourth-order valence-corrected chi connectivity index (χ4v) is 4.88. The zero-order valence-corrected chi connectivity index (χ0v) is 20.9. The van der Waals surface area contributed by atoms with E-state index >= 15 is 0 Å². The molecule has 0 aliphatic carbocycles. The van der Waals surface area contributed by atoms with Crippen LogP contribution >= 0.6 is 0 Å². The van der Waals surface area contributed by atoms with E-state index in [1.165, 1.54) is 0 Å². The van der Waals surface area contributed by atoms with Gasteiger partial charge in [0.1, 0.15) is 11.9 Å². The van der Waals surface area contributed by atoms with Gasteiger partial charge in [-0.2, -0.15) is 5.10 Å². The van der Waals surface area contributed by atoms with Gasteiger partial charge in [0, 0.05) is 36.9 Å². The molecule has 0 saturated carbocycles. The van der Waals surface area contributed by atoms with Crippen LogP contribution in [0.25, 0.3) is 22.4 Å². The van der Waals surface area contributed by atoms with Crippen LogP contribution in [0.2, 0.25) is 0 Å². The van der Waals surface area contributed by atoms with Crippen molar-refractivity contribution in [1.82, 2.24) is 24.7 Å². The Bertz CT molecular complexity index is 1300. The molecule has 0 aromatic carbocycles. The van der Waals surface area contributed by atoms with E-state index in [4.69, 9.17) is 14.6 Å². The van der Waals surface area contributed by atoms with Crippen LogP contribution in [0.1, 0.15) is 56.5 Å². The Labute approximate surface area is 210 Å². The minimum atomic E-state index is -1.25. The van der Waals surface area contributed by atoms with Gasteiger partial charge in [0.05, 0.1) is 41.7 Å². The predicted octanol–water partition coefficient (Wildman–Crippen LogP) is 4.04. The first-order valence-corrected chi connectivity index (χ1v) is 12.3. The van der Waals surface area contributed by atoms with Crippen molar-refractivity contribution in [3.8, 4) is 17.1 Å². The van der Waals surface area contributed by atoms with Crippen LogP contribution in [-0.4, -0.2) is 60.9 Å². The Morgan fingerprint density at radius 3 is 2.64 bits per heavy atom. The van der Waals surface area contributed by atoms with Crippen molar-refractivity contribution in [2.45, 2.75) is 50.9 Å². The summed E-state index contributed by atoms with van der Waals surface area (Å²) >= 11 is 0. The molecule has 1 fully saturated rings. The van der Waals surface area contributed by atoms with E-state index < -0.39 is 11.7 Å². The summed E-state index contributed by atoms with van der Waals surface area (Å²) in [5, 5.41) is 26.1. The van der Waals surface area contributed by atoms with Gasteiger partial charge in [-0.3, -0.25) is 4.98 Å². The molecule has 4 aromatic heterocycles. The molecule has 2 unspecified atom stereocenters. The summed E-state index contributed by atoms with van der Waals surface area (Å²) in [6, 6.07) is 9.54. The molecule has 0 amide bonds. The largest absolute Gasteiger partial charge is 0.496 e. The van der Waals surface area contributed by atoms with Crippen LogP contribution in [-0.2, 0) is 4.74 Å². The van der Waals surface area contributed by atoms with Crippen LogP contribution < -0.4 is 4.74 Å². The predicted molar refractivity (Wildman–Crippen MR) is 136 cm³/mol. The summed E-state index contributed by atoms with van der Waals surface area (Å²) < 4.78 is 13.1. The molecule has 1 aliphatic heterocycles. The number of aliphatic hydroxyl groups is 2. The Morgan fingerprint density at radius 1 is 1.14 bits per heavy atom. The first kappa shape index (κ1) is 24.4. The number of hydrogen-bond acceptors (Lipinski definition) is 7. The molecular weight excluding hydrogens is 458 g/mol. The van der Waals surface area contributed by atoms with Crippen LogP contribution in [0.3, 0.4) is 0 Å². The number of fused-ring (bicyclic) bond motifs is 1. The van der Waals surface area contributed by atoms with Crippen LogP contribution in [0, 0.1) is 5.92 Å². The highest BCUT2D eigenvalue weighted by molar-refractivity contribution is 5.81. The molecule has 1 saturated heterocycles. The van der Waals surface area contributed by atoms with Crippen molar-refractivity contribution in [1.29, 1.82) is 0 Å². The van der Waals surface area contributed by atoms with Crippen molar-refractivity contribution < 1.29 is 19.7 Å². The first-order valence-electron chi connectivity index (χ1n) is 12.3. The van der Waals surface area contributed by atoms with Crippen LogP contribution in [0.5, 0.6) is 5.75 Å². The molecule has 0 bridgehead atoms. The highest BCUT2D eigenvalue weighted by Gasteiger charge is 2.28. The number of aromatic nitrogens is 5. The molecule has 0 radical (unpaired) electrons. The third-order valence-electron chi connectivity index (χ3n) is 6.98. The molecule has 36 heavy (non-hydrogen) atoms. The highest BCUT2D eigenvalue weighted by Crippen LogP contribution is 2.35. The molecule has 9 nitrogen and oxygen atoms in total. The minimum absolute atomic E-state index is 0.0461. The topological polar surface area (TPSA) is 118 Å². The maximum atomic E-state index is 10.3. The second-order valence-electron chi connectivity index (χ2n) is 10.0. The van der Waals surface area contributed by atoms with Gasteiger partial charge in [-0.15, -0.1) is 0 Å². The number of hydrogen-bond donors (Lipinski definition) is 3. The number of ether oxygens (including phenoxy) is 2. The number of aliphatic hydroxyl groups excluding tert-OH is 1. The lowest BCUT2D eigenvalue weighted by molar-refractivity contribution is -0.0498. The highest BCUT2D eigenvalue weighted by atomic mass is 16.5. The van der Waals surface area contributed by atoms with Crippen molar-refractivity contribution in [2.24, 2.45) is 5.92 Å². The van der Waals surface area contributed by atoms with E-state index in [2.05, 4.69) is 21.0 Å². The van der Waals surface area contributed by atoms with Gasteiger partial charge in [0.2, 0.25) is 0 Å². The molecule has 9 heteroatoms. The van der Waals surface area contributed by atoms with Crippen LogP contribution in [0.4, 0.5) is 0 Å². The van der Waals surface area contributed by atoms with Gasteiger partial charge in [-0.25, -0.2) is 9.67 Å². The SMILES string of the molecule is COc1ccnc2c1cnn2C(CC1CCOCC1)c1ccc(-c2ccc(C(O)C(C)(C)O)cn2)[nH]1. The second-order valence-corrected chi connectivity index (χ2v) is 10.0. The van der Waals surface area contributed by atoms with Gasteiger partial charge < -0.3 is 24.7 Å². The van der Waals surface area contributed by atoms with E-state index in [1.54, 1.807) is 39.4 Å². The van der Waals surface area contributed by atoms with Gasteiger partial charge >= 0.3 is 0 Å². The zero-order chi connectivity index (χ0) is 25.3. The number of nitrogens with one attached hydrogen (secondary N) is 1. The summed E-state index contributed by atoms with van der Waals surface area (Å²) in [5.74, 6) is 1.27. The van der Waals surface area contributed by atoms with Crippen molar-refractivity contribution in [3.63, 3.8) is 0 Å². The maximum Gasteiger partial charge on any atom is 0.162 e. The van der Waals surface area contributed by atoms with Gasteiger partial charge in [0.15, 0.2) is 5.65 Å². The number of methoxy groups -OCH3 is 1. The first-order chi connectivity index (χ1) is 17.3. The number of H-pyrrole nitrogens is 1. The number of aromatic amines is 1. The quantitative estimate of drug-likeness (QED) is 0.340. The molecule has 5 heterocycles. The molecule has 1 aliphatic rings. The monoisotopic (exact) mass is 491 g/mol. The van der Waals surface area contributed by atoms with E-state index in [1.807, 2.05) is 29.1 Å². The fourth-order valence-electron chi connectivity index (χ4n) is 4.88. The van der Waals surface area contributed by atoms with E-state index in [9.17, 15) is 10.2 Å². The van der Waals surface area contributed by atoms with Gasteiger partial charge in [-0.1, -0.05) is 6.07 Å². The lowest BCUT2D eigenvalue weighted by Crippen LogP contribution is -2.28. The number of pyridine rings is 2. The Balaban J connectivity index is 1.48. The van der Waals surface area contributed by atoms with E-state index in [0.29, 0.717) is 11.5 Å². The smallest absolute Gasteiger partial charge is 0.162 e. The summed E-state index contributed by atoms with van der Waals surface area (Å²) in [4.78, 5) is 12.7. The Kier molecular flexibility index (Phi) is 6.79. The Morgan fingerprint density at radius 2 is 1.94 bits per heavy atom. The molecule has 3 N–H and O–H groups in total. The minimum Gasteiger partial charge on any atom is -0.496 e. The second kappa shape index (κ2) is 10.0. The van der Waals surface area contributed by atoms with Crippen molar-refractivity contribution in [2.75, 3.05) is 20.3 Å². The molecule has 2 atom stereocenters. The lowest BCUT2D eigenvalue weighted by Gasteiger charge is -2.27. The van der Waals surface area contributed by atoms with Gasteiger partial charge in [-0.05, 0) is 63.3 Å². The normalized spacial score (nSPS) is 16.8. The standard InChI is InChI=1S/C27H33N5O4/c1-27(2,34)25(33)18-4-5-20(29-15-18)21-6-7-22(31-21)23(14-17-9-12-36-13-10-17)32-26-19(16-30-32)24(35-3)8-11-28-26/h4-8,11,15-17,23,25,31,33-34H,9-10,12-14H2,1-3H3. The third kappa shape index (κ3) is 4.86. The van der Waals surface area contributed by atoms with Crippen LogP contribution in [0.15, 0.2) is 48.9 Å². The third-order valence-corrected chi connectivity index (χ3v) is 6.98. The zero-order valence-electron chi connectivity index (χ0n) is 20.9. The summed E-state index contributed by atoms with van der Waals surface area (Å²) in [7, 11) is 1.65. The summed E-state index contributed by atoms with van der Waals surface area (Å²) in [6.45, 7) is 4.72.